The number of rotatable bonds is 2. The number of nitrogens with zero attached hydrogens (tertiary/aromatic N) is 3. The van der Waals surface area contributed by atoms with Crippen LogP contribution in [0.1, 0.15) is 13.8 Å². The van der Waals surface area contributed by atoms with E-state index >= 15 is 0 Å². The van der Waals surface area contributed by atoms with Crippen molar-refractivity contribution in [1.82, 2.24) is 0 Å². The number of aliphatic hydroxyl groups excluding tert-OH is 1. The first-order valence-electron chi connectivity index (χ1n) is 4.73. The second-order valence-electron chi connectivity index (χ2n) is 4.02. The van der Waals surface area contributed by atoms with Gasteiger partial charge in [0.2, 0.25) is 0 Å². The highest BCUT2D eigenvalue weighted by molar-refractivity contribution is 4.96. The fourth-order valence-electron chi connectivity index (χ4n) is 1.95. The van der Waals surface area contributed by atoms with E-state index in [1.54, 1.807) is 13.8 Å². The summed E-state index contributed by atoms with van der Waals surface area (Å²) in [6.07, 6.45) is -2.03. The summed E-state index contributed by atoms with van der Waals surface area (Å²) < 4.78 is 16.4. The number of hydrogen-bond donors (Lipinski definition) is 1. The standard InChI is InChI=1S/C8H13N3O4/c1-8(2)14-5-4(3-12)13-7(10-11-9)6(5)15-8/h4-7,12H,3H2,1-2H3/t4-,5-,6-,7+/m1/s1. The van der Waals surface area contributed by atoms with Crippen molar-refractivity contribution in [2.75, 3.05) is 6.61 Å². The molecular formula is C8H13N3O4. The molecule has 0 bridgehead atoms. The van der Waals surface area contributed by atoms with Crippen LogP contribution in [-0.2, 0) is 14.2 Å². The third kappa shape index (κ3) is 1.80. The van der Waals surface area contributed by atoms with E-state index in [0.717, 1.165) is 0 Å². The highest BCUT2D eigenvalue weighted by Crippen LogP contribution is 2.38. The minimum absolute atomic E-state index is 0.182. The molecule has 0 aromatic rings. The second kappa shape index (κ2) is 3.62. The molecule has 0 aromatic heterocycles. The summed E-state index contributed by atoms with van der Waals surface area (Å²) in [6.45, 7) is 3.36. The van der Waals surface area contributed by atoms with Crippen molar-refractivity contribution in [3.63, 3.8) is 0 Å². The smallest absolute Gasteiger partial charge is 0.165 e. The van der Waals surface area contributed by atoms with Crippen LogP contribution in [0, 0.1) is 0 Å². The zero-order valence-corrected chi connectivity index (χ0v) is 8.53. The molecule has 7 nitrogen and oxygen atoms in total. The van der Waals surface area contributed by atoms with Gasteiger partial charge in [-0.15, -0.1) is 0 Å². The van der Waals surface area contributed by atoms with Crippen molar-refractivity contribution in [2.45, 2.75) is 44.2 Å². The van der Waals surface area contributed by atoms with Crippen molar-refractivity contribution in [1.29, 1.82) is 0 Å². The highest BCUT2D eigenvalue weighted by Gasteiger charge is 2.54. The van der Waals surface area contributed by atoms with Gasteiger partial charge in [0, 0.05) is 4.91 Å². The van der Waals surface area contributed by atoms with E-state index in [4.69, 9.17) is 24.8 Å². The van der Waals surface area contributed by atoms with E-state index in [9.17, 15) is 0 Å². The highest BCUT2D eigenvalue weighted by atomic mass is 16.8. The van der Waals surface area contributed by atoms with Gasteiger partial charge in [-0.2, -0.15) is 0 Å². The Balaban J connectivity index is 2.18. The third-order valence-corrected chi connectivity index (χ3v) is 2.47. The van der Waals surface area contributed by atoms with Gasteiger partial charge >= 0.3 is 0 Å². The summed E-state index contributed by atoms with van der Waals surface area (Å²) in [5, 5.41) is 12.5. The minimum Gasteiger partial charge on any atom is -0.394 e. The molecule has 7 heteroatoms. The molecule has 2 heterocycles. The van der Waals surface area contributed by atoms with E-state index in [1.807, 2.05) is 0 Å². The molecule has 2 aliphatic heterocycles. The molecule has 0 amide bonds. The zero-order valence-electron chi connectivity index (χ0n) is 8.53. The molecule has 4 atom stereocenters. The quantitative estimate of drug-likeness (QED) is 0.413. The Morgan fingerprint density at radius 2 is 2.07 bits per heavy atom. The van der Waals surface area contributed by atoms with Gasteiger partial charge in [-0.25, -0.2) is 0 Å². The minimum atomic E-state index is -0.726. The summed E-state index contributed by atoms with van der Waals surface area (Å²) in [5.41, 5.74) is 8.36. The van der Waals surface area contributed by atoms with E-state index in [0.29, 0.717) is 0 Å². The topological polar surface area (TPSA) is 96.7 Å². The molecule has 84 valence electrons. The molecule has 2 saturated heterocycles. The number of aliphatic hydroxyl groups is 1. The van der Waals surface area contributed by atoms with Gasteiger partial charge in [0.1, 0.15) is 18.3 Å². The van der Waals surface area contributed by atoms with Crippen molar-refractivity contribution < 1.29 is 19.3 Å². The van der Waals surface area contributed by atoms with Crippen LogP contribution in [0.5, 0.6) is 0 Å². The first kappa shape index (κ1) is 10.7. The summed E-state index contributed by atoms with van der Waals surface area (Å²) in [5.74, 6) is -0.726. The maximum absolute atomic E-state index is 9.07. The van der Waals surface area contributed by atoms with E-state index in [-0.39, 0.29) is 12.7 Å². The van der Waals surface area contributed by atoms with Crippen LogP contribution in [0.15, 0.2) is 5.11 Å². The summed E-state index contributed by atoms with van der Waals surface area (Å²) in [7, 11) is 0. The van der Waals surface area contributed by atoms with Crippen LogP contribution in [0.25, 0.3) is 10.4 Å². The van der Waals surface area contributed by atoms with Crippen molar-refractivity contribution in [3.8, 4) is 0 Å². The molecular weight excluding hydrogens is 202 g/mol. The lowest BCUT2D eigenvalue weighted by Gasteiger charge is -2.21. The molecule has 0 aliphatic carbocycles. The van der Waals surface area contributed by atoms with Crippen LogP contribution in [-0.4, -0.2) is 42.0 Å². The Bertz CT molecular complexity index is 302. The fourth-order valence-corrected chi connectivity index (χ4v) is 1.95. The SMILES string of the molecule is CC1(C)O[C@@H]2[C@H](O1)[C@@H](CO)O[C@@H]2N=[N+]=[N-]. The van der Waals surface area contributed by atoms with Gasteiger partial charge in [0.25, 0.3) is 0 Å². The van der Waals surface area contributed by atoms with Crippen LogP contribution >= 0.6 is 0 Å². The van der Waals surface area contributed by atoms with Gasteiger partial charge < -0.3 is 19.3 Å². The molecule has 0 saturated carbocycles. The molecule has 2 aliphatic rings. The lowest BCUT2D eigenvalue weighted by molar-refractivity contribution is -0.189. The fraction of sp³-hybridized carbons (Fsp3) is 1.00. The van der Waals surface area contributed by atoms with Gasteiger partial charge in [0.05, 0.1) is 6.61 Å². The Kier molecular flexibility index (Phi) is 2.57. The van der Waals surface area contributed by atoms with Crippen molar-refractivity contribution >= 4 is 0 Å². The third-order valence-electron chi connectivity index (χ3n) is 2.47. The van der Waals surface area contributed by atoms with Crippen molar-refractivity contribution in [3.05, 3.63) is 10.4 Å². The van der Waals surface area contributed by atoms with Crippen LogP contribution in [0.4, 0.5) is 0 Å². The Labute approximate surface area is 86.6 Å². The summed E-state index contributed by atoms with van der Waals surface area (Å²) >= 11 is 0. The maximum Gasteiger partial charge on any atom is 0.165 e. The lowest BCUT2D eigenvalue weighted by Crippen LogP contribution is -2.31. The maximum atomic E-state index is 9.07. The molecule has 15 heavy (non-hydrogen) atoms. The molecule has 0 aromatic carbocycles. The largest absolute Gasteiger partial charge is 0.394 e. The lowest BCUT2D eigenvalue weighted by atomic mass is 10.1. The van der Waals surface area contributed by atoms with Gasteiger partial charge in [-0.05, 0) is 19.4 Å². The predicted octanol–water partition coefficient (Wildman–Crippen LogP) is 0.534. The summed E-state index contributed by atoms with van der Waals surface area (Å²) in [6, 6.07) is 0. The van der Waals surface area contributed by atoms with Crippen LogP contribution in [0.2, 0.25) is 0 Å². The first-order valence-corrected chi connectivity index (χ1v) is 4.73. The number of ether oxygens (including phenoxy) is 3. The zero-order chi connectivity index (χ0) is 11.1. The Hall–Kier alpha value is -0.850. The first-order chi connectivity index (χ1) is 7.07. The number of fused-ring (bicyclic) bond motifs is 1. The van der Waals surface area contributed by atoms with Crippen molar-refractivity contribution in [2.24, 2.45) is 5.11 Å². The van der Waals surface area contributed by atoms with E-state index in [2.05, 4.69) is 10.0 Å². The normalized spacial score (nSPS) is 42.3. The average molecular weight is 215 g/mol. The van der Waals surface area contributed by atoms with Crippen LogP contribution in [0.3, 0.4) is 0 Å². The number of hydrogen-bond acceptors (Lipinski definition) is 5. The second-order valence-corrected chi connectivity index (χ2v) is 4.02. The Morgan fingerprint density at radius 1 is 1.40 bits per heavy atom. The van der Waals surface area contributed by atoms with Gasteiger partial charge in [-0.3, -0.25) is 0 Å². The Morgan fingerprint density at radius 3 is 2.67 bits per heavy atom. The molecule has 0 unspecified atom stereocenters. The number of azide groups is 1. The predicted molar refractivity (Wildman–Crippen MR) is 48.7 cm³/mol. The van der Waals surface area contributed by atoms with E-state index in [1.165, 1.54) is 0 Å². The summed E-state index contributed by atoms with van der Waals surface area (Å²) in [4.78, 5) is 2.68. The van der Waals surface area contributed by atoms with Gasteiger partial charge in [0.15, 0.2) is 12.0 Å². The monoisotopic (exact) mass is 215 g/mol. The molecule has 2 rings (SSSR count). The molecule has 2 fully saturated rings. The van der Waals surface area contributed by atoms with Crippen LogP contribution < -0.4 is 0 Å². The average Bonchev–Trinajstić information content (AvgIpc) is 2.61. The molecule has 1 N–H and O–H groups in total. The molecule has 0 spiro atoms. The molecule has 0 radical (unpaired) electrons. The van der Waals surface area contributed by atoms with E-state index < -0.39 is 24.2 Å². The van der Waals surface area contributed by atoms with Gasteiger partial charge in [-0.1, -0.05) is 5.11 Å².